The first-order valence-electron chi connectivity index (χ1n) is 11.6. The number of aliphatic hydroxyl groups excluding tert-OH is 2. The van der Waals surface area contributed by atoms with Crippen LogP contribution in [0.15, 0.2) is 17.2 Å². The molecule has 0 aromatic carbocycles. The first-order valence-corrected chi connectivity index (χ1v) is 13.6. The number of nitrogens with zero attached hydrogens (tertiary/aromatic N) is 2. The number of nitrogens with one attached hydrogen (secondary N) is 1. The molecule has 13 heteroatoms. The highest BCUT2D eigenvalue weighted by atomic mass is 32.1. The Morgan fingerprint density at radius 1 is 1.26 bits per heavy atom. The molecule has 196 valence electrons. The summed E-state index contributed by atoms with van der Waals surface area (Å²) in [5.41, 5.74) is -0.765. The Kier molecular flexibility index (Phi) is 8.10. The van der Waals surface area contributed by atoms with Crippen molar-refractivity contribution in [3.05, 3.63) is 33.0 Å². The lowest BCUT2D eigenvalue weighted by Crippen LogP contribution is -2.40. The van der Waals surface area contributed by atoms with Gasteiger partial charge in [-0.1, -0.05) is 20.8 Å². The molecule has 1 aliphatic rings. The van der Waals surface area contributed by atoms with Crippen LogP contribution in [-0.4, -0.2) is 64.0 Å². The Morgan fingerprint density at radius 2 is 1.89 bits per heavy atom. The lowest BCUT2D eigenvalue weighted by Gasteiger charge is -2.38. The fourth-order valence-electron chi connectivity index (χ4n) is 4.21. The summed E-state index contributed by atoms with van der Waals surface area (Å²) in [4.78, 5) is 30.3. The SMILES string of the molecule is CCC(C)(CC1OC(n2cc3c(=O)c(C)c[nH]c3nc2=S)C(O)C1O)OP(=O)(O)C(O)(CC)CC. The number of aliphatic hydroxyl groups is 3. The minimum absolute atomic E-state index is 0.0201. The lowest BCUT2D eigenvalue weighted by molar-refractivity contribution is -0.0714. The maximum Gasteiger partial charge on any atom is 0.359 e. The Hall–Kier alpha value is -1.50. The molecule has 1 aliphatic heterocycles. The van der Waals surface area contributed by atoms with E-state index >= 15 is 0 Å². The van der Waals surface area contributed by atoms with E-state index in [2.05, 4.69) is 9.97 Å². The van der Waals surface area contributed by atoms with E-state index in [0.717, 1.165) is 0 Å². The molecule has 0 amide bonds. The topological polar surface area (TPSA) is 167 Å². The van der Waals surface area contributed by atoms with E-state index in [-0.39, 0.29) is 46.9 Å². The number of hydrogen-bond acceptors (Lipinski definition) is 9. The van der Waals surface area contributed by atoms with Crippen molar-refractivity contribution >= 4 is 30.8 Å². The maximum absolute atomic E-state index is 13.0. The van der Waals surface area contributed by atoms with Gasteiger partial charge in [0.1, 0.15) is 17.9 Å². The fourth-order valence-corrected chi connectivity index (χ4v) is 6.23. The number of hydrogen-bond donors (Lipinski definition) is 5. The van der Waals surface area contributed by atoms with Crippen molar-refractivity contribution in [3.63, 3.8) is 0 Å². The van der Waals surface area contributed by atoms with Crippen LogP contribution in [0, 0.1) is 11.7 Å². The number of aromatic amines is 1. The molecule has 0 radical (unpaired) electrons. The van der Waals surface area contributed by atoms with Crippen molar-refractivity contribution in [3.8, 4) is 0 Å². The molecule has 0 saturated carbocycles. The molecule has 1 fully saturated rings. The molecule has 1 saturated heterocycles. The van der Waals surface area contributed by atoms with Crippen LogP contribution in [0.1, 0.15) is 65.2 Å². The first-order chi connectivity index (χ1) is 16.2. The summed E-state index contributed by atoms with van der Waals surface area (Å²) in [6.07, 6.45) is -1.73. The molecular weight excluding hydrogens is 497 g/mol. The van der Waals surface area contributed by atoms with E-state index in [1.54, 1.807) is 34.6 Å². The predicted molar refractivity (Wildman–Crippen MR) is 132 cm³/mol. The molecule has 6 atom stereocenters. The second-order valence-corrected chi connectivity index (χ2v) is 11.8. The van der Waals surface area contributed by atoms with Gasteiger partial charge in [-0.2, -0.15) is 0 Å². The minimum Gasteiger partial charge on any atom is -0.388 e. The average Bonchev–Trinajstić information content (AvgIpc) is 3.08. The molecule has 0 bridgehead atoms. The van der Waals surface area contributed by atoms with Crippen molar-refractivity contribution < 1.29 is 34.0 Å². The second-order valence-electron chi connectivity index (χ2n) is 9.35. The zero-order chi connectivity index (χ0) is 26.3. The number of pyridine rings is 1. The molecule has 0 aliphatic carbocycles. The van der Waals surface area contributed by atoms with Gasteiger partial charge < -0.3 is 34.5 Å². The molecule has 6 unspecified atom stereocenters. The Labute approximate surface area is 208 Å². The molecule has 35 heavy (non-hydrogen) atoms. The second kappa shape index (κ2) is 10.1. The third kappa shape index (κ3) is 5.17. The number of rotatable bonds is 9. The van der Waals surface area contributed by atoms with E-state index in [1.165, 1.54) is 17.0 Å². The summed E-state index contributed by atoms with van der Waals surface area (Å²) in [5, 5.41) is 30.5. The summed E-state index contributed by atoms with van der Waals surface area (Å²) < 4.78 is 25.9. The molecule has 0 spiro atoms. The van der Waals surface area contributed by atoms with Crippen molar-refractivity contribution in [2.24, 2.45) is 0 Å². The summed E-state index contributed by atoms with van der Waals surface area (Å²) in [7, 11) is -4.48. The van der Waals surface area contributed by atoms with Crippen molar-refractivity contribution in [2.75, 3.05) is 0 Å². The molecule has 11 nitrogen and oxygen atoms in total. The zero-order valence-electron chi connectivity index (χ0n) is 20.5. The van der Waals surface area contributed by atoms with Crippen LogP contribution in [0.5, 0.6) is 0 Å². The normalized spacial score (nSPS) is 26.5. The van der Waals surface area contributed by atoms with Gasteiger partial charge in [0.2, 0.25) is 4.77 Å². The highest BCUT2D eigenvalue weighted by Crippen LogP contribution is 2.60. The van der Waals surface area contributed by atoms with Crippen LogP contribution in [0.2, 0.25) is 0 Å². The van der Waals surface area contributed by atoms with E-state index in [0.29, 0.717) is 5.56 Å². The van der Waals surface area contributed by atoms with Gasteiger partial charge in [0, 0.05) is 24.4 Å². The highest BCUT2D eigenvalue weighted by molar-refractivity contribution is 7.71. The number of aryl methyl sites for hydroxylation is 1. The Bertz CT molecular complexity index is 1250. The smallest absolute Gasteiger partial charge is 0.359 e. The van der Waals surface area contributed by atoms with Crippen LogP contribution in [0.3, 0.4) is 0 Å². The molecule has 2 aromatic rings. The summed E-state index contributed by atoms with van der Waals surface area (Å²) in [6, 6.07) is 0. The van der Waals surface area contributed by atoms with Gasteiger partial charge in [0.25, 0.3) is 0 Å². The van der Waals surface area contributed by atoms with Crippen LogP contribution in [0.4, 0.5) is 0 Å². The van der Waals surface area contributed by atoms with Crippen LogP contribution in [0.25, 0.3) is 11.0 Å². The van der Waals surface area contributed by atoms with Crippen molar-refractivity contribution in [1.82, 2.24) is 14.5 Å². The molecule has 3 heterocycles. The van der Waals surface area contributed by atoms with Crippen molar-refractivity contribution in [2.45, 2.75) is 95.8 Å². The van der Waals surface area contributed by atoms with Gasteiger partial charge in [-0.3, -0.25) is 13.9 Å². The lowest BCUT2D eigenvalue weighted by atomic mass is 9.93. The van der Waals surface area contributed by atoms with Crippen LogP contribution in [-0.2, 0) is 13.8 Å². The fraction of sp³-hybridized carbons (Fsp3) is 0.682. The predicted octanol–water partition coefficient (Wildman–Crippen LogP) is 2.65. The third-order valence-corrected chi connectivity index (χ3v) is 9.65. The number of fused-ring (bicyclic) bond motifs is 1. The van der Waals surface area contributed by atoms with E-state index in [9.17, 15) is 29.6 Å². The number of H-pyrrole nitrogens is 1. The third-order valence-electron chi connectivity index (χ3n) is 6.97. The van der Waals surface area contributed by atoms with Gasteiger partial charge in [-0.15, -0.1) is 0 Å². The Balaban J connectivity index is 1.91. The monoisotopic (exact) mass is 531 g/mol. The summed E-state index contributed by atoms with van der Waals surface area (Å²) in [6.45, 7) is 8.16. The molecule has 3 rings (SSSR count). The van der Waals surface area contributed by atoms with E-state index < -0.39 is 43.1 Å². The van der Waals surface area contributed by atoms with Gasteiger partial charge in [0.15, 0.2) is 17.0 Å². The van der Waals surface area contributed by atoms with Gasteiger partial charge >= 0.3 is 7.60 Å². The molecule has 5 N–H and O–H groups in total. The van der Waals surface area contributed by atoms with Crippen molar-refractivity contribution in [1.29, 1.82) is 0 Å². The summed E-state index contributed by atoms with van der Waals surface area (Å²) in [5.74, 6) is 0. The Morgan fingerprint density at radius 3 is 2.46 bits per heavy atom. The maximum atomic E-state index is 13.0. The van der Waals surface area contributed by atoms with E-state index in [4.69, 9.17) is 21.5 Å². The highest BCUT2D eigenvalue weighted by Gasteiger charge is 2.51. The number of aromatic nitrogens is 3. The minimum atomic E-state index is -4.48. The average molecular weight is 532 g/mol. The first kappa shape index (κ1) is 28.1. The standard InChI is InChI=1S/C22H34N3O8PS/c1-6-21(5,33-34(30,31)22(29,7-2)8-3)9-14-16(27)17(28)19(32-14)25-11-13-15(26)12(4)10-23-18(13)24-20(25)35/h10-11,14,16-17,19,27-29H,6-9H2,1-5H3,(H,30,31)(H,23,24,35). The zero-order valence-corrected chi connectivity index (χ0v) is 22.2. The van der Waals surface area contributed by atoms with Crippen LogP contribution >= 0.6 is 19.8 Å². The largest absolute Gasteiger partial charge is 0.388 e. The molecule has 2 aromatic heterocycles. The van der Waals surface area contributed by atoms with E-state index in [1.807, 2.05) is 0 Å². The van der Waals surface area contributed by atoms with Crippen LogP contribution < -0.4 is 5.43 Å². The van der Waals surface area contributed by atoms with Gasteiger partial charge in [-0.05, 0) is 45.3 Å². The van der Waals surface area contributed by atoms with Gasteiger partial charge in [-0.25, -0.2) is 4.98 Å². The van der Waals surface area contributed by atoms with Gasteiger partial charge in [0.05, 0.1) is 17.1 Å². The summed E-state index contributed by atoms with van der Waals surface area (Å²) >= 11 is 5.33. The molecular formula is C22H34N3O8PS. The number of ether oxygens (including phenoxy) is 1. The quantitative estimate of drug-likeness (QED) is 0.240.